The van der Waals surface area contributed by atoms with Gasteiger partial charge in [-0.1, -0.05) is 96.6 Å². The van der Waals surface area contributed by atoms with E-state index in [-0.39, 0.29) is 32.0 Å². The van der Waals surface area contributed by atoms with Crippen molar-refractivity contribution >= 4 is 11.9 Å². The molecule has 0 amide bonds. The van der Waals surface area contributed by atoms with Crippen LogP contribution in [0.5, 0.6) is 0 Å². The first-order valence-electron chi connectivity index (χ1n) is 17.3. The van der Waals surface area contributed by atoms with Crippen molar-refractivity contribution in [1.82, 2.24) is 0 Å². The van der Waals surface area contributed by atoms with Crippen LogP contribution in [0.25, 0.3) is 0 Å². The highest BCUT2D eigenvalue weighted by molar-refractivity contribution is 5.70. The molecule has 44 heavy (non-hydrogen) atoms. The molecule has 1 rings (SSSR count). The molecule has 0 bridgehead atoms. The Morgan fingerprint density at radius 3 is 1.82 bits per heavy atom. The van der Waals surface area contributed by atoms with Crippen LogP contribution in [0.4, 0.5) is 0 Å². The van der Waals surface area contributed by atoms with Gasteiger partial charge in [-0.15, -0.1) is 0 Å². The lowest BCUT2D eigenvalue weighted by molar-refractivity contribution is -0.305. The number of allylic oxidation sites excluding steroid dienone is 2. The van der Waals surface area contributed by atoms with Crippen LogP contribution in [0, 0.1) is 0 Å². The zero-order valence-electron chi connectivity index (χ0n) is 27.4. The second kappa shape index (κ2) is 26.6. The lowest BCUT2D eigenvalue weighted by atomic mass is 9.99. The van der Waals surface area contributed by atoms with Gasteiger partial charge in [0.2, 0.25) is 0 Å². The number of hydrogen-bond donors (Lipinski definition) is 4. The van der Waals surface area contributed by atoms with Gasteiger partial charge in [0.25, 0.3) is 0 Å². The summed E-state index contributed by atoms with van der Waals surface area (Å²) in [6.07, 6.45) is 15.3. The molecule has 0 spiro atoms. The molecule has 0 aromatic carbocycles. The molecule has 0 aromatic heterocycles. The molecular formula is C34H62O10. The van der Waals surface area contributed by atoms with Crippen LogP contribution in [-0.4, -0.2) is 89.0 Å². The first kappa shape index (κ1) is 40.5. The third kappa shape index (κ3) is 19.1. The van der Waals surface area contributed by atoms with Crippen molar-refractivity contribution in [3.8, 4) is 0 Å². The Morgan fingerprint density at radius 2 is 1.20 bits per heavy atom. The number of carbonyl (C=O) groups excluding carboxylic acids is 2. The van der Waals surface area contributed by atoms with E-state index in [1.807, 2.05) is 0 Å². The standard InChI is InChI=1S/C34H62O10/c1-3-5-7-9-11-12-13-14-15-17-19-21-23-30(37)43-27(25-41-29(36)22-20-18-16-10-8-6-4-2)26-42-34-33(40)32(39)31(38)28(24-35)44-34/h11-12,27-28,31-35,38-40H,3-10,13-26H2,1-2H3/b12-11-. The largest absolute Gasteiger partial charge is 0.462 e. The van der Waals surface area contributed by atoms with Crippen LogP contribution < -0.4 is 0 Å². The molecule has 10 heteroatoms. The minimum atomic E-state index is -1.59. The Kier molecular flexibility index (Phi) is 24.5. The molecule has 1 aliphatic rings. The Morgan fingerprint density at radius 1 is 0.682 bits per heavy atom. The van der Waals surface area contributed by atoms with Gasteiger partial charge >= 0.3 is 11.9 Å². The summed E-state index contributed by atoms with van der Waals surface area (Å²) in [5, 5.41) is 39.7. The summed E-state index contributed by atoms with van der Waals surface area (Å²) in [5.74, 6) is -0.825. The van der Waals surface area contributed by atoms with E-state index >= 15 is 0 Å². The lowest BCUT2D eigenvalue weighted by Gasteiger charge is -2.39. The van der Waals surface area contributed by atoms with E-state index in [0.717, 1.165) is 64.2 Å². The monoisotopic (exact) mass is 630 g/mol. The van der Waals surface area contributed by atoms with Gasteiger partial charge in [-0.05, 0) is 38.5 Å². The predicted octanol–water partition coefficient (Wildman–Crippen LogP) is 5.27. The molecule has 4 N–H and O–H groups in total. The fraction of sp³-hybridized carbons (Fsp3) is 0.882. The number of rotatable bonds is 27. The molecule has 6 unspecified atom stereocenters. The number of hydrogen-bond acceptors (Lipinski definition) is 10. The normalized spacial score (nSPS) is 22.7. The van der Waals surface area contributed by atoms with Crippen molar-refractivity contribution < 1.29 is 49.0 Å². The maximum absolute atomic E-state index is 12.6. The highest BCUT2D eigenvalue weighted by atomic mass is 16.7. The first-order chi connectivity index (χ1) is 21.3. The molecular weight excluding hydrogens is 568 g/mol. The van der Waals surface area contributed by atoms with Crippen LogP contribution in [0.15, 0.2) is 12.2 Å². The van der Waals surface area contributed by atoms with Crippen molar-refractivity contribution in [2.45, 2.75) is 173 Å². The van der Waals surface area contributed by atoms with Gasteiger partial charge in [0.15, 0.2) is 12.4 Å². The number of unbranched alkanes of at least 4 members (excludes halogenated alkanes) is 14. The Labute approximate surface area is 265 Å². The SMILES string of the molecule is CCCCC/C=C\CCCCCCCC(=O)OC(COC(=O)CCCCCCCCC)COC1OC(CO)C(O)C(O)C1O. The topological polar surface area (TPSA) is 152 Å². The number of esters is 2. The summed E-state index contributed by atoms with van der Waals surface area (Å²) >= 11 is 0. The minimum absolute atomic E-state index is 0.218. The molecule has 0 aliphatic carbocycles. The second-order valence-electron chi connectivity index (χ2n) is 12.0. The summed E-state index contributed by atoms with van der Waals surface area (Å²) in [5.41, 5.74) is 0. The number of carbonyl (C=O) groups is 2. The molecule has 1 aliphatic heterocycles. The van der Waals surface area contributed by atoms with Crippen LogP contribution >= 0.6 is 0 Å². The lowest BCUT2D eigenvalue weighted by Crippen LogP contribution is -2.59. The molecule has 1 heterocycles. The molecule has 0 aromatic rings. The van der Waals surface area contributed by atoms with Gasteiger partial charge < -0.3 is 39.4 Å². The average Bonchev–Trinajstić information content (AvgIpc) is 3.02. The van der Waals surface area contributed by atoms with E-state index in [0.29, 0.717) is 6.42 Å². The predicted molar refractivity (Wildman–Crippen MR) is 169 cm³/mol. The molecule has 1 fully saturated rings. The second-order valence-corrected chi connectivity index (χ2v) is 12.0. The molecule has 1 saturated heterocycles. The summed E-state index contributed by atoms with van der Waals surface area (Å²) in [6, 6.07) is 0. The molecule has 0 radical (unpaired) electrons. The average molecular weight is 631 g/mol. The van der Waals surface area contributed by atoms with E-state index in [2.05, 4.69) is 26.0 Å². The zero-order chi connectivity index (χ0) is 32.4. The number of aliphatic hydroxyl groups excluding tert-OH is 4. The van der Waals surface area contributed by atoms with Crippen LogP contribution in [0.2, 0.25) is 0 Å². The Hall–Kier alpha value is -1.56. The summed E-state index contributed by atoms with van der Waals surface area (Å²) in [6.45, 7) is 3.30. The zero-order valence-corrected chi connectivity index (χ0v) is 27.4. The first-order valence-corrected chi connectivity index (χ1v) is 17.3. The summed E-state index contributed by atoms with van der Waals surface area (Å²) in [4.78, 5) is 24.9. The highest BCUT2D eigenvalue weighted by Crippen LogP contribution is 2.22. The molecule has 10 nitrogen and oxygen atoms in total. The smallest absolute Gasteiger partial charge is 0.306 e. The van der Waals surface area contributed by atoms with E-state index in [4.69, 9.17) is 18.9 Å². The highest BCUT2D eigenvalue weighted by Gasteiger charge is 2.44. The van der Waals surface area contributed by atoms with Crippen molar-refractivity contribution in [2.75, 3.05) is 19.8 Å². The number of ether oxygens (including phenoxy) is 4. The van der Waals surface area contributed by atoms with Gasteiger partial charge in [0.05, 0.1) is 13.2 Å². The van der Waals surface area contributed by atoms with Crippen molar-refractivity contribution in [2.24, 2.45) is 0 Å². The van der Waals surface area contributed by atoms with Crippen LogP contribution in [0.3, 0.4) is 0 Å². The van der Waals surface area contributed by atoms with Crippen molar-refractivity contribution in [3.63, 3.8) is 0 Å². The van der Waals surface area contributed by atoms with Crippen LogP contribution in [-0.2, 0) is 28.5 Å². The minimum Gasteiger partial charge on any atom is -0.462 e. The molecule has 258 valence electrons. The van der Waals surface area contributed by atoms with Crippen LogP contribution in [0.1, 0.15) is 136 Å². The van der Waals surface area contributed by atoms with Gasteiger partial charge in [-0.2, -0.15) is 0 Å². The Bertz CT molecular complexity index is 744. The van der Waals surface area contributed by atoms with Gasteiger partial charge in [-0.25, -0.2) is 0 Å². The summed E-state index contributed by atoms with van der Waals surface area (Å²) in [7, 11) is 0. The fourth-order valence-corrected chi connectivity index (χ4v) is 5.06. The third-order valence-corrected chi connectivity index (χ3v) is 7.90. The number of aliphatic hydroxyl groups is 4. The van der Waals surface area contributed by atoms with E-state index < -0.39 is 49.4 Å². The van der Waals surface area contributed by atoms with E-state index in [1.54, 1.807) is 0 Å². The quantitative estimate of drug-likeness (QED) is 0.0537. The summed E-state index contributed by atoms with van der Waals surface area (Å²) < 4.78 is 21.9. The molecule has 0 saturated carbocycles. The van der Waals surface area contributed by atoms with Crippen molar-refractivity contribution in [3.05, 3.63) is 12.2 Å². The maximum Gasteiger partial charge on any atom is 0.306 e. The molecule has 6 atom stereocenters. The fourth-order valence-electron chi connectivity index (χ4n) is 5.06. The van der Waals surface area contributed by atoms with Gasteiger partial charge in [-0.3, -0.25) is 9.59 Å². The van der Waals surface area contributed by atoms with Crippen molar-refractivity contribution in [1.29, 1.82) is 0 Å². The maximum atomic E-state index is 12.6. The van der Waals surface area contributed by atoms with Gasteiger partial charge in [0, 0.05) is 12.8 Å². The van der Waals surface area contributed by atoms with E-state index in [1.165, 1.54) is 38.5 Å². The Balaban J connectivity index is 2.45. The van der Waals surface area contributed by atoms with E-state index in [9.17, 15) is 30.0 Å². The van der Waals surface area contributed by atoms with Gasteiger partial charge in [0.1, 0.15) is 31.0 Å². The third-order valence-electron chi connectivity index (χ3n) is 7.90.